The molecule has 3 rings (SSSR count). The fraction of sp³-hybridized carbons (Fsp3) is 0.115. The summed E-state index contributed by atoms with van der Waals surface area (Å²) in [6, 6.07) is 18.2. The Morgan fingerprint density at radius 2 is 1.38 bits per heavy atom. The summed E-state index contributed by atoms with van der Waals surface area (Å²) in [5.74, 6) is 3.28. The van der Waals surface area contributed by atoms with E-state index in [0.717, 1.165) is 17.7 Å². The van der Waals surface area contributed by atoms with E-state index in [2.05, 4.69) is 22.5 Å². The molecule has 0 radical (unpaired) electrons. The first kappa shape index (κ1) is 24.0. The van der Waals surface area contributed by atoms with Gasteiger partial charge in [-0.25, -0.2) is 0 Å². The maximum absolute atomic E-state index is 12.6. The van der Waals surface area contributed by atoms with E-state index in [1.54, 1.807) is 24.3 Å². The zero-order valence-electron chi connectivity index (χ0n) is 18.0. The molecule has 1 atom stereocenters. The molecule has 34 heavy (non-hydrogen) atoms. The number of ketones is 1. The van der Waals surface area contributed by atoms with E-state index in [1.165, 1.54) is 6.07 Å². The number of aromatic hydroxyl groups is 2. The van der Waals surface area contributed by atoms with Crippen molar-refractivity contribution in [2.45, 2.75) is 6.04 Å². The van der Waals surface area contributed by atoms with Crippen molar-refractivity contribution in [2.75, 3.05) is 13.2 Å². The van der Waals surface area contributed by atoms with Crippen LogP contribution in [0, 0.1) is 11.8 Å². The third-order valence-electron chi connectivity index (χ3n) is 4.83. The van der Waals surface area contributed by atoms with Crippen molar-refractivity contribution in [3.8, 4) is 23.3 Å². The van der Waals surface area contributed by atoms with Gasteiger partial charge in [0.25, 0.3) is 11.8 Å². The van der Waals surface area contributed by atoms with E-state index >= 15 is 0 Å². The molecule has 5 N–H and O–H groups in total. The molecule has 3 aromatic carbocycles. The monoisotopic (exact) mass is 458 g/mol. The van der Waals surface area contributed by atoms with E-state index < -0.39 is 36.0 Å². The highest BCUT2D eigenvalue weighted by molar-refractivity contribution is 5.99. The summed E-state index contributed by atoms with van der Waals surface area (Å²) in [5, 5.41) is 33.1. The average molecular weight is 458 g/mol. The lowest BCUT2D eigenvalue weighted by atomic mass is 10.1. The first-order chi connectivity index (χ1) is 16.4. The number of Topliss-reactive ketones (excluding diaryl/α,β-unsaturated/α-hetero) is 1. The Labute approximate surface area is 195 Å². The van der Waals surface area contributed by atoms with Gasteiger partial charge in [-0.2, -0.15) is 0 Å². The number of carbonyl (C=O) groups excluding carboxylic acids is 3. The number of hydrogen-bond acceptors (Lipinski definition) is 6. The van der Waals surface area contributed by atoms with Gasteiger partial charge in [0, 0.05) is 28.8 Å². The van der Waals surface area contributed by atoms with Crippen molar-refractivity contribution in [1.82, 2.24) is 10.6 Å². The molecule has 0 unspecified atom stereocenters. The number of phenolic OH excluding ortho intramolecular Hbond substituents is 2. The number of hydrogen-bond donors (Lipinski definition) is 5. The molecule has 0 aliphatic carbocycles. The van der Waals surface area contributed by atoms with Gasteiger partial charge in [-0.3, -0.25) is 14.4 Å². The molecule has 172 valence electrons. The highest BCUT2D eigenvalue weighted by Gasteiger charge is 2.22. The third kappa shape index (κ3) is 6.45. The smallest absolute Gasteiger partial charge is 0.251 e. The van der Waals surface area contributed by atoms with Crippen LogP contribution in [0.3, 0.4) is 0 Å². The number of nitrogens with one attached hydrogen (secondary N) is 2. The lowest BCUT2D eigenvalue weighted by Gasteiger charge is -2.17. The summed E-state index contributed by atoms with van der Waals surface area (Å²) < 4.78 is 0. The van der Waals surface area contributed by atoms with Crippen LogP contribution < -0.4 is 10.6 Å². The Morgan fingerprint density at radius 3 is 2.00 bits per heavy atom. The molecule has 0 fully saturated rings. The summed E-state index contributed by atoms with van der Waals surface area (Å²) in [7, 11) is 0. The van der Waals surface area contributed by atoms with Gasteiger partial charge in [0.15, 0.2) is 17.3 Å². The summed E-state index contributed by atoms with van der Waals surface area (Å²) in [6.45, 7) is -1.11. The number of benzene rings is 3. The van der Waals surface area contributed by atoms with Gasteiger partial charge >= 0.3 is 0 Å². The molecule has 0 bridgehead atoms. The van der Waals surface area contributed by atoms with E-state index in [4.69, 9.17) is 0 Å². The SMILES string of the molecule is O=C(NC[C@H](NC(=O)c1ccc(C#Cc2ccccc2)cc1)C(=O)CO)c1ccc(O)c(O)c1. The predicted octanol–water partition coefficient (Wildman–Crippen LogP) is 1.59. The molecule has 0 spiro atoms. The normalized spacial score (nSPS) is 11.0. The van der Waals surface area contributed by atoms with Crippen molar-refractivity contribution in [3.63, 3.8) is 0 Å². The Morgan fingerprint density at radius 1 is 0.765 bits per heavy atom. The highest BCUT2D eigenvalue weighted by atomic mass is 16.3. The minimum Gasteiger partial charge on any atom is -0.504 e. The van der Waals surface area contributed by atoms with Crippen LogP contribution >= 0.6 is 0 Å². The number of amides is 2. The molecule has 8 nitrogen and oxygen atoms in total. The minimum atomic E-state index is -1.18. The Bertz CT molecular complexity index is 1240. The first-order valence-electron chi connectivity index (χ1n) is 10.3. The van der Waals surface area contributed by atoms with E-state index in [-0.39, 0.29) is 23.4 Å². The van der Waals surface area contributed by atoms with Gasteiger partial charge in [-0.1, -0.05) is 30.0 Å². The maximum atomic E-state index is 12.6. The van der Waals surface area contributed by atoms with Crippen LogP contribution in [0.5, 0.6) is 11.5 Å². The second-order valence-corrected chi connectivity index (χ2v) is 7.26. The highest BCUT2D eigenvalue weighted by Crippen LogP contribution is 2.24. The van der Waals surface area contributed by atoms with Crippen molar-refractivity contribution >= 4 is 17.6 Å². The van der Waals surface area contributed by atoms with Gasteiger partial charge in [0.05, 0.1) is 0 Å². The van der Waals surface area contributed by atoms with E-state index in [1.807, 2.05) is 30.3 Å². The van der Waals surface area contributed by atoms with Crippen LogP contribution in [0.4, 0.5) is 0 Å². The summed E-state index contributed by atoms with van der Waals surface area (Å²) >= 11 is 0. The van der Waals surface area contributed by atoms with E-state index in [0.29, 0.717) is 5.56 Å². The maximum Gasteiger partial charge on any atom is 0.251 e. The fourth-order valence-corrected chi connectivity index (χ4v) is 2.93. The second-order valence-electron chi connectivity index (χ2n) is 7.26. The van der Waals surface area contributed by atoms with Crippen LogP contribution in [-0.4, -0.2) is 52.1 Å². The fourth-order valence-electron chi connectivity index (χ4n) is 2.93. The van der Waals surface area contributed by atoms with Crippen molar-refractivity contribution in [1.29, 1.82) is 0 Å². The second kappa shape index (κ2) is 11.3. The molecule has 0 saturated carbocycles. The molecular weight excluding hydrogens is 436 g/mol. The van der Waals surface area contributed by atoms with Crippen molar-refractivity contribution in [3.05, 3.63) is 95.1 Å². The zero-order valence-corrected chi connectivity index (χ0v) is 18.0. The standard InChI is InChI=1S/C26H22N2O6/c29-16-24(32)21(15-27-25(33)20-12-13-22(30)23(31)14-20)28-26(34)19-10-8-18(9-11-19)7-6-17-4-2-1-3-5-17/h1-5,8-14,21,29-31H,15-16H2,(H,27,33)(H,28,34)/t21-/m0/s1. The lowest BCUT2D eigenvalue weighted by molar-refractivity contribution is -0.123. The van der Waals surface area contributed by atoms with Gasteiger partial charge in [0.1, 0.15) is 12.6 Å². The predicted molar refractivity (Wildman–Crippen MR) is 124 cm³/mol. The molecule has 2 amide bonds. The number of rotatable bonds is 7. The lowest BCUT2D eigenvalue weighted by Crippen LogP contribution is -2.49. The quantitative estimate of drug-likeness (QED) is 0.270. The Balaban J connectivity index is 1.63. The number of carbonyl (C=O) groups is 3. The Kier molecular flexibility index (Phi) is 8.00. The molecule has 8 heteroatoms. The molecule has 3 aromatic rings. The van der Waals surface area contributed by atoms with Gasteiger partial charge in [-0.05, 0) is 54.6 Å². The molecule has 0 aliphatic heterocycles. The van der Waals surface area contributed by atoms with Crippen LogP contribution in [0.15, 0.2) is 72.8 Å². The number of aliphatic hydroxyl groups is 1. The van der Waals surface area contributed by atoms with Crippen molar-refractivity contribution < 1.29 is 29.7 Å². The van der Waals surface area contributed by atoms with Crippen LogP contribution in [0.1, 0.15) is 31.8 Å². The summed E-state index contributed by atoms with van der Waals surface area (Å²) in [5.41, 5.74) is 1.88. The topological polar surface area (TPSA) is 136 Å². The van der Waals surface area contributed by atoms with E-state index in [9.17, 15) is 29.7 Å². The minimum absolute atomic E-state index is 0.0454. The molecule has 0 saturated heterocycles. The van der Waals surface area contributed by atoms with Gasteiger partial charge in [0.2, 0.25) is 0 Å². The van der Waals surface area contributed by atoms with Crippen LogP contribution in [0.25, 0.3) is 0 Å². The third-order valence-corrected chi connectivity index (χ3v) is 4.83. The number of aliphatic hydroxyl groups excluding tert-OH is 1. The van der Waals surface area contributed by atoms with Crippen LogP contribution in [0.2, 0.25) is 0 Å². The van der Waals surface area contributed by atoms with Gasteiger partial charge in [-0.15, -0.1) is 0 Å². The molecule has 0 aliphatic rings. The molecule has 0 heterocycles. The summed E-state index contributed by atoms with van der Waals surface area (Å²) in [4.78, 5) is 37.0. The van der Waals surface area contributed by atoms with Crippen molar-refractivity contribution in [2.24, 2.45) is 0 Å². The zero-order chi connectivity index (χ0) is 24.5. The number of phenols is 2. The largest absolute Gasteiger partial charge is 0.504 e. The Hall–Kier alpha value is -4.61. The van der Waals surface area contributed by atoms with Gasteiger partial charge < -0.3 is 26.0 Å². The summed E-state index contributed by atoms with van der Waals surface area (Å²) in [6.07, 6.45) is 0. The first-order valence-corrected chi connectivity index (χ1v) is 10.3. The average Bonchev–Trinajstić information content (AvgIpc) is 2.87. The molecule has 0 aromatic heterocycles. The van der Waals surface area contributed by atoms with Crippen LogP contribution in [-0.2, 0) is 4.79 Å². The molecular formula is C26H22N2O6.